The van der Waals surface area contributed by atoms with E-state index in [9.17, 15) is 28.8 Å². The molecule has 0 aliphatic carbocycles. The predicted octanol–water partition coefficient (Wildman–Crippen LogP) is -2.54. The second-order valence-electron chi connectivity index (χ2n) is 10.4. The van der Waals surface area contributed by atoms with Crippen LogP contribution in [0, 0.1) is 0 Å². The van der Waals surface area contributed by atoms with E-state index in [0.717, 1.165) is 12.8 Å². The third-order valence-electron chi connectivity index (χ3n) is 6.45. The molecule has 0 aliphatic rings. The van der Waals surface area contributed by atoms with Gasteiger partial charge in [-0.15, -0.1) is 0 Å². The van der Waals surface area contributed by atoms with Gasteiger partial charge in [-0.25, -0.2) is 0 Å². The van der Waals surface area contributed by atoms with Crippen LogP contribution in [-0.2, 0) is 38.4 Å². The van der Waals surface area contributed by atoms with Crippen LogP contribution in [0.3, 0.4) is 0 Å². The molecule has 268 valence electrons. The van der Waals surface area contributed by atoms with Gasteiger partial charge in [-0.1, -0.05) is 10.3 Å². The van der Waals surface area contributed by atoms with E-state index in [4.69, 9.17) is 32.6 Å². The summed E-state index contributed by atoms with van der Waals surface area (Å²) in [5, 5.41) is 17.8. The Morgan fingerprint density at radius 3 is 1.30 bits per heavy atom. The Hall–Kier alpha value is -4.00. The van der Waals surface area contributed by atoms with Crippen LogP contribution in [0.2, 0.25) is 0 Å². The highest BCUT2D eigenvalue weighted by atomic mass is 16.6. The number of ketones is 2. The van der Waals surface area contributed by atoms with Gasteiger partial charge in [-0.2, -0.15) is 0 Å². The van der Waals surface area contributed by atoms with Gasteiger partial charge in [0.15, 0.2) is 11.6 Å². The first-order chi connectivity index (χ1) is 22.7. The number of hydrogen-bond acceptors (Lipinski definition) is 14. The van der Waals surface area contributed by atoms with Gasteiger partial charge in [0.1, 0.15) is 13.2 Å². The van der Waals surface area contributed by atoms with Gasteiger partial charge < -0.3 is 53.9 Å². The number of carbonyl (C=O) groups excluding carboxylic acids is 6. The van der Waals surface area contributed by atoms with Crippen molar-refractivity contribution in [2.45, 2.75) is 82.7 Å². The van der Waals surface area contributed by atoms with Gasteiger partial charge in [0.25, 0.3) is 0 Å². The van der Waals surface area contributed by atoms with Crippen LogP contribution in [0.5, 0.6) is 0 Å². The van der Waals surface area contributed by atoms with Gasteiger partial charge in [0.2, 0.25) is 23.6 Å². The number of Topliss-reactive ketones (excluding diaryl/α,β-unsaturated/α-hetero) is 2. The number of oxime groups is 2. The standard InChI is InChI=1S/C29H54N10O8/c30-12-3-1-6-22(24(40)20-32)38-28(44)10-8-26(42)34-14-16-36-46-18-5-19-47-37-17-15-35-27(43)9-11-29(45)39-23(25(41)21-33)7-2-4-13-31/h16-17,22-23H,1-15,18-21,30-33H2,(H,34,42)(H,35,43)(H,38,44)(H,39,45)/b36-16-,37-17-/t22-,23-/m0/s1. The summed E-state index contributed by atoms with van der Waals surface area (Å²) in [5.41, 5.74) is 21.7. The second kappa shape index (κ2) is 29.4. The van der Waals surface area contributed by atoms with Crippen molar-refractivity contribution in [3.8, 4) is 0 Å². The molecule has 12 N–H and O–H groups in total. The van der Waals surface area contributed by atoms with Crippen LogP contribution in [0.1, 0.15) is 70.6 Å². The first kappa shape index (κ1) is 43.0. The minimum atomic E-state index is -0.678. The van der Waals surface area contributed by atoms with Gasteiger partial charge in [-0.3, -0.25) is 28.8 Å². The molecule has 0 unspecified atom stereocenters. The lowest BCUT2D eigenvalue weighted by atomic mass is 10.0. The molecular formula is C29H54N10O8. The van der Waals surface area contributed by atoms with Crippen molar-refractivity contribution in [3.05, 3.63) is 0 Å². The SMILES string of the molecule is NCCCC[C@H](NC(=O)CCC(=O)NC/C=N\OCCCO/N=C\CNC(=O)CCC(=O)N[C@@H](CCCCN)C(=O)CN)C(=O)CN. The highest BCUT2D eigenvalue weighted by Gasteiger charge is 2.20. The van der Waals surface area contributed by atoms with Crippen molar-refractivity contribution in [1.29, 1.82) is 0 Å². The highest BCUT2D eigenvalue weighted by molar-refractivity contribution is 5.92. The second-order valence-corrected chi connectivity index (χ2v) is 10.4. The van der Waals surface area contributed by atoms with E-state index in [1.165, 1.54) is 12.4 Å². The summed E-state index contributed by atoms with van der Waals surface area (Å²) in [5.74, 6) is -2.07. The molecule has 0 rings (SSSR count). The van der Waals surface area contributed by atoms with E-state index in [-0.39, 0.29) is 88.5 Å². The Bertz CT molecular complexity index is 920. The predicted molar refractivity (Wildman–Crippen MR) is 176 cm³/mol. The molecule has 0 saturated carbocycles. The quantitative estimate of drug-likeness (QED) is 0.0223. The van der Waals surface area contributed by atoms with Crippen LogP contribution < -0.4 is 44.2 Å². The molecule has 0 radical (unpaired) electrons. The number of carbonyl (C=O) groups is 6. The number of nitrogens with two attached hydrogens (primary N) is 4. The third kappa shape index (κ3) is 24.9. The van der Waals surface area contributed by atoms with Gasteiger partial charge in [0.05, 0.1) is 50.7 Å². The molecule has 0 aromatic rings. The average molecular weight is 671 g/mol. The molecule has 0 bridgehead atoms. The van der Waals surface area contributed by atoms with E-state index >= 15 is 0 Å². The Kier molecular flexibility index (Phi) is 26.9. The highest BCUT2D eigenvalue weighted by Crippen LogP contribution is 2.04. The van der Waals surface area contributed by atoms with E-state index in [1.807, 2.05) is 0 Å². The lowest BCUT2D eigenvalue weighted by Crippen LogP contribution is -2.43. The maximum absolute atomic E-state index is 12.1. The smallest absolute Gasteiger partial charge is 0.221 e. The fourth-order valence-corrected chi connectivity index (χ4v) is 3.85. The van der Waals surface area contributed by atoms with Crippen molar-refractivity contribution in [2.75, 3.05) is 52.5 Å². The van der Waals surface area contributed by atoms with Crippen molar-refractivity contribution >= 4 is 47.6 Å². The summed E-state index contributed by atoms with van der Waals surface area (Å²) in [4.78, 5) is 82.1. The molecule has 4 amide bonds. The molecule has 2 atom stereocenters. The molecule has 0 aromatic heterocycles. The monoisotopic (exact) mass is 670 g/mol. The molecule has 0 fully saturated rings. The van der Waals surface area contributed by atoms with Crippen LogP contribution in [-0.4, -0.2) is 112 Å². The van der Waals surface area contributed by atoms with Crippen LogP contribution in [0.15, 0.2) is 10.3 Å². The van der Waals surface area contributed by atoms with Crippen molar-refractivity contribution < 1.29 is 38.4 Å². The summed E-state index contributed by atoms with van der Waals surface area (Å²) in [6.45, 7) is 1.31. The number of nitrogens with zero attached hydrogens (tertiary/aromatic N) is 2. The Labute approximate surface area is 275 Å². The fraction of sp³-hybridized carbons (Fsp3) is 0.724. The molecule has 0 heterocycles. The molecule has 0 aromatic carbocycles. The van der Waals surface area contributed by atoms with Crippen LogP contribution in [0.25, 0.3) is 0 Å². The summed E-state index contributed by atoms with van der Waals surface area (Å²) >= 11 is 0. The number of nitrogens with one attached hydrogen (secondary N) is 4. The topological polar surface area (TPSA) is 298 Å². The minimum Gasteiger partial charge on any atom is -0.396 e. The zero-order chi connectivity index (χ0) is 35.1. The maximum Gasteiger partial charge on any atom is 0.221 e. The largest absolute Gasteiger partial charge is 0.396 e. The van der Waals surface area contributed by atoms with Crippen molar-refractivity contribution in [3.63, 3.8) is 0 Å². The normalized spacial score (nSPS) is 12.3. The van der Waals surface area contributed by atoms with Gasteiger partial charge in [-0.05, 0) is 51.6 Å². The minimum absolute atomic E-state index is 0.0546. The van der Waals surface area contributed by atoms with E-state index in [1.54, 1.807) is 0 Å². The lowest BCUT2D eigenvalue weighted by molar-refractivity contribution is -0.129. The number of hydrogen-bond donors (Lipinski definition) is 8. The van der Waals surface area contributed by atoms with E-state index in [2.05, 4.69) is 31.6 Å². The number of unbranched alkanes of at least 4 members (excludes halogenated alkanes) is 2. The fourth-order valence-electron chi connectivity index (χ4n) is 3.85. The van der Waals surface area contributed by atoms with E-state index < -0.39 is 23.9 Å². The van der Waals surface area contributed by atoms with Crippen LogP contribution >= 0.6 is 0 Å². The Balaban J connectivity index is 3.92. The summed E-state index contributed by atoms with van der Waals surface area (Å²) < 4.78 is 0. The van der Waals surface area contributed by atoms with Crippen molar-refractivity contribution in [1.82, 2.24) is 21.3 Å². The zero-order valence-electron chi connectivity index (χ0n) is 27.2. The first-order valence-corrected chi connectivity index (χ1v) is 15.9. The molecule has 0 spiro atoms. The third-order valence-corrected chi connectivity index (χ3v) is 6.45. The maximum atomic E-state index is 12.1. The molecule has 18 heteroatoms. The van der Waals surface area contributed by atoms with Crippen LogP contribution in [0.4, 0.5) is 0 Å². The Morgan fingerprint density at radius 1 is 0.553 bits per heavy atom. The average Bonchev–Trinajstić information content (AvgIpc) is 3.06. The molecule has 18 nitrogen and oxygen atoms in total. The molecular weight excluding hydrogens is 616 g/mol. The van der Waals surface area contributed by atoms with Gasteiger partial charge in [0, 0.05) is 32.1 Å². The van der Waals surface area contributed by atoms with Crippen molar-refractivity contribution in [2.24, 2.45) is 33.2 Å². The van der Waals surface area contributed by atoms with Gasteiger partial charge >= 0.3 is 0 Å². The summed E-state index contributed by atoms with van der Waals surface area (Å²) in [6, 6.07) is -1.36. The zero-order valence-corrected chi connectivity index (χ0v) is 27.2. The Morgan fingerprint density at radius 2 is 0.936 bits per heavy atom. The first-order valence-electron chi connectivity index (χ1n) is 15.9. The van der Waals surface area contributed by atoms with E-state index in [0.29, 0.717) is 45.2 Å². The lowest BCUT2D eigenvalue weighted by Gasteiger charge is -2.16. The molecule has 0 aliphatic heterocycles. The molecule has 47 heavy (non-hydrogen) atoms. The molecule has 0 saturated heterocycles. The number of amides is 4. The number of rotatable bonds is 30. The summed E-state index contributed by atoms with van der Waals surface area (Å²) in [6.07, 6.45) is 6.66. The summed E-state index contributed by atoms with van der Waals surface area (Å²) in [7, 11) is 0.